The molecule has 0 radical (unpaired) electrons. The van der Waals surface area contributed by atoms with E-state index in [9.17, 15) is 5.11 Å². The van der Waals surface area contributed by atoms with Crippen molar-refractivity contribution in [2.24, 2.45) is 5.92 Å². The van der Waals surface area contributed by atoms with Crippen molar-refractivity contribution in [2.75, 3.05) is 0 Å². The fourth-order valence-corrected chi connectivity index (χ4v) is 1.63. The van der Waals surface area contributed by atoms with Crippen LogP contribution in [0, 0.1) is 17.2 Å². The molecule has 0 aromatic heterocycles. The molecule has 0 saturated heterocycles. The number of aliphatic hydroxyl groups is 1. The summed E-state index contributed by atoms with van der Waals surface area (Å²) in [5.74, 6) is 0.537. The molecule has 0 amide bonds. The molecule has 1 unspecified atom stereocenters. The third-order valence-electron chi connectivity index (χ3n) is 2.62. The van der Waals surface area contributed by atoms with Gasteiger partial charge in [0.25, 0.3) is 0 Å². The summed E-state index contributed by atoms with van der Waals surface area (Å²) in [6.45, 7) is 5.94. The molecule has 0 fully saturated rings. The molecule has 70 valence electrons. The fraction of sp³-hybridized carbons (Fsp3) is 0.545. The van der Waals surface area contributed by atoms with E-state index in [-0.39, 0.29) is 0 Å². The van der Waals surface area contributed by atoms with E-state index < -0.39 is 6.10 Å². The maximum Gasteiger partial charge on any atom is 0.161 e. The van der Waals surface area contributed by atoms with Gasteiger partial charge < -0.3 is 5.11 Å². The molecule has 0 spiro atoms. The number of rotatable bonds is 2. The summed E-state index contributed by atoms with van der Waals surface area (Å²) in [6.07, 6.45) is 3.85. The molecule has 1 aliphatic carbocycles. The molecule has 13 heavy (non-hydrogen) atoms. The second-order valence-corrected chi connectivity index (χ2v) is 3.63. The lowest BCUT2D eigenvalue weighted by Gasteiger charge is -2.22. The minimum atomic E-state index is -0.897. The van der Waals surface area contributed by atoms with Crippen LogP contribution in [0.25, 0.3) is 0 Å². The summed E-state index contributed by atoms with van der Waals surface area (Å²) in [5.41, 5.74) is 2.07. The van der Waals surface area contributed by atoms with Gasteiger partial charge in [0.05, 0.1) is 6.07 Å². The standard InChI is InChI=1S/C11H15NO/c1-8(2)9-3-5-10(6-4-9)11(13)7-12/h5,9,11,13H,1,3-4,6H2,2H3/t9-,11?/m1/s1. The van der Waals surface area contributed by atoms with E-state index >= 15 is 0 Å². The van der Waals surface area contributed by atoms with Gasteiger partial charge >= 0.3 is 0 Å². The van der Waals surface area contributed by atoms with Gasteiger partial charge in [0, 0.05) is 0 Å². The Morgan fingerprint density at radius 1 is 1.85 bits per heavy atom. The van der Waals surface area contributed by atoms with Crippen molar-refractivity contribution < 1.29 is 5.11 Å². The topological polar surface area (TPSA) is 44.0 Å². The van der Waals surface area contributed by atoms with Crippen molar-refractivity contribution in [3.63, 3.8) is 0 Å². The first kappa shape index (κ1) is 10.0. The van der Waals surface area contributed by atoms with E-state index in [1.165, 1.54) is 5.57 Å². The highest BCUT2D eigenvalue weighted by atomic mass is 16.3. The van der Waals surface area contributed by atoms with E-state index in [0.717, 1.165) is 24.8 Å². The van der Waals surface area contributed by atoms with Gasteiger partial charge in [-0.25, -0.2) is 0 Å². The molecule has 2 nitrogen and oxygen atoms in total. The second kappa shape index (κ2) is 4.25. The first-order valence-electron chi connectivity index (χ1n) is 4.57. The molecule has 0 aliphatic heterocycles. The lowest BCUT2D eigenvalue weighted by molar-refractivity contribution is 0.255. The first-order valence-corrected chi connectivity index (χ1v) is 4.57. The maximum atomic E-state index is 9.26. The van der Waals surface area contributed by atoms with Crippen LogP contribution in [0.3, 0.4) is 0 Å². The van der Waals surface area contributed by atoms with Crippen LogP contribution in [0.5, 0.6) is 0 Å². The third kappa shape index (κ3) is 2.43. The predicted octanol–water partition coefficient (Wildman–Crippen LogP) is 2.17. The fourth-order valence-electron chi connectivity index (χ4n) is 1.63. The zero-order valence-corrected chi connectivity index (χ0v) is 7.95. The number of aliphatic hydroxyl groups excluding tert-OH is 1. The summed E-state index contributed by atoms with van der Waals surface area (Å²) >= 11 is 0. The third-order valence-corrected chi connectivity index (χ3v) is 2.62. The van der Waals surface area contributed by atoms with Crippen molar-refractivity contribution >= 4 is 0 Å². The van der Waals surface area contributed by atoms with Crippen molar-refractivity contribution in [1.29, 1.82) is 5.26 Å². The number of hydrogen-bond donors (Lipinski definition) is 1. The SMILES string of the molecule is C=C(C)[C@@H]1CC=C(C(O)C#N)CC1. The Labute approximate surface area is 79.2 Å². The molecular weight excluding hydrogens is 162 g/mol. The van der Waals surface area contributed by atoms with Crippen LogP contribution < -0.4 is 0 Å². The summed E-state index contributed by atoms with van der Waals surface area (Å²) in [5, 5.41) is 17.8. The Hall–Kier alpha value is -1.07. The first-order chi connectivity index (χ1) is 6.15. The molecule has 0 bridgehead atoms. The lowest BCUT2D eigenvalue weighted by Crippen LogP contribution is -2.14. The monoisotopic (exact) mass is 177 g/mol. The Morgan fingerprint density at radius 3 is 2.92 bits per heavy atom. The highest BCUT2D eigenvalue weighted by Crippen LogP contribution is 2.29. The van der Waals surface area contributed by atoms with Gasteiger partial charge in [0.2, 0.25) is 0 Å². The minimum Gasteiger partial charge on any atom is -0.374 e. The van der Waals surface area contributed by atoms with Crippen molar-refractivity contribution in [2.45, 2.75) is 32.3 Å². The van der Waals surface area contributed by atoms with Crippen LogP contribution in [0.1, 0.15) is 26.2 Å². The molecule has 1 aliphatic rings. The molecule has 0 heterocycles. The normalized spacial score (nSPS) is 24.4. The predicted molar refractivity (Wildman–Crippen MR) is 51.9 cm³/mol. The maximum absolute atomic E-state index is 9.26. The van der Waals surface area contributed by atoms with Crippen LogP contribution in [-0.4, -0.2) is 11.2 Å². The second-order valence-electron chi connectivity index (χ2n) is 3.63. The Morgan fingerprint density at radius 2 is 2.54 bits per heavy atom. The molecule has 2 atom stereocenters. The average molecular weight is 177 g/mol. The summed E-state index contributed by atoms with van der Waals surface area (Å²) in [4.78, 5) is 0. The number of nitriles is 1. The molecule has 1 rings (SSSR count). The minimum absolute atomic E-state index is 0.537. The molecular formula is C11H15NO. The van der Waals surface area contributed by atoms with Crippen molar-refractivity contribution in [3.05, 3.63) is 23.8 Å². The van der Waals surface area contributed by atoms with Gasteiger partial charge in [0.15, 0.2) is 6.10 Å². The summed E-state index contributed by atoms with van der Waals surface area (Å²) in [7, 11) is 0. The van der Waals surface area contributed by atoms with Gasteiger partial charge in [-0.05, 0) is 37.7 Å². The van der Waals surface area contributed by atoms with Crippen LogP contribution in [0.2, 0.25) is 0 Å². The van der Waals surface area contributed by atoms with Gasteiger partial charge in [-0.2, -0.15) is 5.26 Å². The highest BCUT2D eigenvalue weighted by Gasteiger charge is 2.18. The summed E-state index contributed by atoms with van der Waals surface area (Å²) in [6, 6.07) is 1.84. The average Bonchev–Trinajstić information content (AvgIpc) is 2.17. The van der Waals surface area contributed by atoms with E-state index in [0.29, 0.717) is 5.92 Å². The zero-order valence-electron chi connectivity index (χ0n) is 7.95. The van der Waals surface area contributed by atoms with E-state index in [1.807, 2.05) is 19.1 Å². The number of hydrogen-bond acceptors (Lipinski definition) is 2. The molecule has 0 saturated carbocycles. The molecule has 0 aromatic rings. The van der Waals surface area contributed by atoms with Gasteiger partial charge in [-0.15, -0.1) is 0 Å². The van der Waals surface area contributed by atoms with E-state index in [4.69, 9.17) is 5.26 Å². The van der Waals surface area contributed by atoms with Gasteiger partial charge in [-0.1, -0.05) is 18.2 Å². The van der Waals surface area contributed by atoms with Crippen molar-refractivity contribution in [3.8, 4) is 6.07 Å². The van der Waals surface area contributed by atoms with Gasteiger partial charge in [0.1, 0.15) is 0 Å². The zero-order chi connectivity index (χ0) is 9.84. The van der Waals surface area contributed by atoms with Crippen LogP contribution in [-0.2, 0) is 0 Å². The number of nitrogens with zero attached hydrogens (tertiary/aromatic N) is 1. The molecule has 2 heteroatoms. The lowest BCUT2D eigenvalue weighted by atomic mass is 9.84. The quantitative estimate of drug-likeness (QED) is 0.519. The Kier molecular flexibility index (Phi) is 3.27. The van der Waals surface area contributed by atoms with Crippen LogP contribution in [0.15, 0.2) is 23.8 Å². The molecule has 0 aromatic carbocycles. The van der Waals surface area contributed by atoms with Gasteiger partial charge in [-0.3, -0.25) is 0 Å². The van der Waals surface area contributed by atoms with E-state index in [2.05, 4.69) is 6.58 Å². The summed E-state index contributed by atoms with van der Waals surface area (Å²) < 4.78 is 0. The Balaban J connectivity index is 2.58. The van der Waals surface area contributed by atoms with E-state index in [1.54, 1.807) is 0 Å². The largest absolute Gasteiger partial charge is 0.374 e. The van der Waals surface area contributed by atoms with Crippen LogP contribution >= 0.6 is 0 Å². The van der Waals surface area contributed by atoms with Crippen LogP contribution in [0.4, 0.5) is 0 Å². The number of allylic oxidation sites excluding steroid dienone is 2. The Bertz CT molecular complexity index is 272. The smallest absolute Gasteiger partial charge is 0.161 e. The van der Waals surface area contributed by atoms with Crippen molar-refractivity contribution in [1.82, 2.24) is 0 Å². The molecule has 1 N–H and O–H groups in total. The highest BCUT2D eigenvalue weighted by molar-refractivity contribution is 5.20.